The Hall–Kier alpha value is -3.08. The highest BCUT2D eigenvalue weighted by molar-refractivity contribution is 5.95. The van der Waals surface area contributed by atoms with Gasteiger partial charge in [0.05, 0.1) is 12.4 Å². The topological polar surface area (TPSA) is 50.2 Å². The fourth-order valence-electron chi connectivity index (χ4n) is 3.74. The Kier molecular flexibility index (Phi) is 5.14. The maximum Gasteiger partial charge on any atom is 0.251 e. The van der Waals surface area contributed by atoms with Gasteiger partial charge < -0.3 is 14.8 Å². The molecule has 5 nitrogen and oxygen atoms in total. The third-order valence-electron chi connectivity index (χ3n) is 5.62. The van der Waals surface area contributed by atoms with Crippen molar-refractivity contribution in [3.05, 3.63) is 83.9 Å². The Morgan fingerprint density at radius 3 is 2.45 bits per heavy atom. The number of fused-ring (bicyclic) bond motifs is 1. The van der Waals surface area contributed by atoms with Crippen LogP contribution >= 0.6 is 0 Å². The number of imidazole rings is 1. The normalized spacial score (nSPS) is 14.5. The van der Waals surface area contributed by atoms with Crippen LogP contribution in [0.5, 0.6) is 0 Å². The number of anilines is 1. The van der Waals surface area contributed by atoms with Crippen LogP contribution in [-0.2, 0) is 19.6 Å². The minimum Gasteiger partial charge on any atom is -0.363 e. The summed E-state index contributed by atoms with van der Waals surface area (Å²) in [5, 5.41) is 3.24. The SMILES string of the molecule is CC(C)(C)[C@H](Cn1ccnc1)NC(=O)c1cccc(N2Cc3ccccc3C2)c1. The highest BCUT2D eigenvalue weighted by atomic mass is 16.1. The minimum absolute atomic E-state index is 0.0103. The third kappa shape index (κ3) is 4.34. The molecule has 1 aliphatic rings. The van der Waals surface area contributed by atoms with E-state index in [1.807, 2.05) is 29.0 Å². The van der Waals surface area contributed by atoms with Crippen LogP contribution < -0.4 is 10.2 Å². The monoisotopic (exact) mass is 388 g/mol. The Labute approximate surface area is 172 Å². The van der Waals surface area contributed by atoms with E-state index in [0.29, 0.717) is 12.1 Å². The first-order valence-corrected chi connectivity index (χ1v) is 10.1. The standard InChI is InChI=1S/C24H28N4O/c1-24(2,3)22(16-27-12-11-25-17-27)26-23(29)18-9-6-10-21(13-18)28-14-19-7-4-5-8-20(19)15-28/h4-13,17,22H,14-16H2,1-3H3,(H,26,29)/t22-/m0/s1. The van der Waals surface area contributed by atoms with Crippen molar-refractivity contribution in [1.82, 2.24) is 14.9 Å². The van der Waals surface area contributed by atoms with Gasteiger partial charge in [0.15, 0.2) is 0 Å². The van der Waals surface area contributed by atoms with Crippen LogP contribution in [0, 0.1) is 5.41 Å². The van der Waals surface area contributed by atoms with E-state index >= 15 is 0 Å². The van der Waals surface area contributed by atoms with Crippen molar-refractivity contribution >= 4 is 11.6 Å². The summed E-state index contributed by atoms with van der Waals surface area (Å²) in [6, 6.07) is 16.4. The van der Waals surface area contributed by atoms with Crippen LogP contribution in [0.15, 0.2) is 67.3 Å². The second-order valence-corrected chi connectivity index (χ2v) is 8.83. The number of hydrogen-bond acceptors (Lipinski definition) is 3. The lowest BCUT2D eigenvalue weighted by atomic mass is 9.86. The fourth-order valence-corrected chi connectivity index (χ4v) is 3.74. The number of amides is 1. The van der Waals surface area contributed by atoms with Gasteiger partial charge in [0.2, 0.25) is 0 Å². The largest absolute Gasteiger partial charge is 0.363 e. The summed E-state index contributed by atoms with van der Waals surface area (Å²) in [6.45, 7) is 8.89. The Bertz CT molecular complexity index is 963. The fraction of sp³-hybridized carbons (Fsp3) is 0.333. The van der Waals surface area contributed by atoms with Crippen molar-refractivity contribution < 1.29 is 4.79 Å². The van der Waals surface area contributed by atoms with Crippen LogP contribution in [-0.4, -0.2) is 21.5 Å². The molecule has 0 aliphatic carbocycles. The molecule has 150 valence electrons. The van der Waals surface area contributed by atoms with E-state index in [4.69, 9.17) is 0 Å². The Morgan fingerprint density at radius 2 is 1.83 bits per heavy atom. The first-order valence-electron chi connectivity index (χ1n) is 10.1. The highest BCUT2D eigenvalue weighted by Crippen LogP contribution is 2.29. The number of benzene rings is 2. The van der Waals surface area contributed by atoms with Gasteiger partial charge >= 0.3 is 0 Å². The molecule has 1 N–H and O–H groups in total. The molecule has 1 amide bonds. The van der Waals surface area contributed by atoms with Crippen molar-refractivity contribution in [2.24, 2.45) is 5.41 Å². The molecular formula is C24H28N4O. The summed E-state index contributed by atoms with van der Waals surface area (Å²) >= 11 is 0. The highest BCUT2D eigenvalue weighted by Gasteiger charge is 2.27. The van der Waals surface area contributed by atoms with E-state index in [9.17, 15) is 4.79 Å². The molecule has 0 bridgehead atoms. The molecule has 1 atom stereocenters. The predicted molar refractivity (Wildman–Crippen MR) is 116 cm³/mol. The molecule has 0 unspecified atom stereocenters. The summed E-state index contributed by atoms with van der Waals surface area (Å²) in [4.78, 5) is 19.5. The third-order valence-corrected chi connectivity index (χ3v) is 5.62. The van der Waals surface area contributed by atoms with Gasteiger partial charge in [-0.05, 0) is 34.7 Å². The van der Waals surface area contributed by atoms with Crippen molar-refractivity contribution in [2.45, 2.75) is 46.4 Å². The number of nitrogens with zero attached hydrogens (tertiary/aromatic N) is 3. The van der Waals surface area contributed by atoms with E-state index in [1.165, 1.54) is 11.1 Å². The molecule has 0 radical (unpaired) electrons. The van der Waals surface area contributed by atoms with Crippen LogP contribution in [0.4, 0.5) is 5.69 Å². The molecule has 5 heteroatoms. The van der Waals surface area contributed by atoms with E-state index < -0.39 is 0 Å². The van der Waals surface area contributed by atoms with Crippen LogP contribution in [0.1, 0.15) is 42.3 Å². The predicted octanol–water partition coefficient (Wildman–Crippen LogP) is 4.25. The number of hydrogen-bond donors (Lipinski definition) is 1. The number of aromatic nitrogens is 2. The zero-order valence-electron chi connectivity index (χ0n) is 17.3. The van der Waals surface area contributed by atoms with E-state index in [-0.39, 0.29) is 17.4 Å². The lowest BCUT2D eigenvalue weighted by Crippen LogP contribution is -2.46. The van der Waals surface area contributed by atoms with Crippen molar-refractivity contribution in [3.8, 4) is 0 Å². The van der Waals surface area contributed by atoms with E-state index in [0.717, 1.165) is 18.8 Å². The van der Waals surface area contributed by atoms with Crippen LogP contribution in [0.2, 0.25) is 0 Å². The maximum atomic E-state index is 13.1. The number of carbonyl (C=O) groups is 1. The molecular weight excluding hydrogens is 360 g/mol. The average molecular weight is 389 g/mol. The molecule has 29 heavy (non-hydrogen) atoms. The van der Waals surface area contributed by atoms with Crippen LogP contribution in [0.25, 0.3) is 0 Å². The molecule has 0 spiro atoms. The Balaban J connectivity index is 1.49. The second kappa shape index (κ2) is 7.74. The second-order valence-electron chi connectivity index (χ2n) is 8.83. The average Bonchev–Trinajstić information content (AvgIpc) is 3.36. The Morgan fingerprint density at radius 1 is 1.10 bits per heavy atom. The first-order chi connectivity index (χ1) is 13.9. The van der Waals surface area contributed by atoms with Gasteiger partial charge in [-0.15, -0.1) is 0 Å². The lowest BCUT2D eigenvalue weighted by Gasteiger charge is -2.32. The molecule has 0 saturated carbocycles. The van der Waals surface area contributed by atoms with Crippen molar-refractivity contribution in [1.29, 1.82) is 0 Å². The van der Waals surface area contributed by atoms with Crippen LogP contribution in [0.3, 0.4) is 0 Å². The summed E-state index contributed by atoms with van der Waals surface area (Å²) in [5.74, 6) is -0.0383. The zero-order valence-corrected chi connectivity index (χ0v) is 17.3. The molecule has 0 fully saturated rings. The molecule has 2 aromatic carbocycles. The quantitative estimate of drug-likeness (QED) is 0.711. The summed E-state index contributed by atoms with van der Waals surface area (Å²) in [6.07, 6.45) is 5.48. The molecule has 1 aliphatic heterocycles. The maximum absolute atomic E-state index is 13.1. The van der Waals surface area contributed by atoms with Gasteiger partial charge in [-0.25, -0.2) is 4.98 Å². The van der Waals surface area contributed by atoms with Gasteiger partial charge in [0, 0.05) is 43.3 Å². The first kappa shape index (κ1) is 19.2. The molecule has 0 saturated heterocycles. The summed E-state index contributed by atoms with van der Waals surface area (Å²) in [5.41, 5.74) is 4.41. The number of nitrogens with one attached hydrogen (secondary N) is 1. The molecule has 3 aromatic rings. The van der Waals surface area contributed by atoms with Gasteiger partial charge in [-0.3, -0.25) is 4.79 Å². The van der Waals surface area contributed by atoms with Crippen molar-refractivity contribution in [2.75, 3.05) is 4.90 Å². The molecule has 1 aromatic heterocycles. The molecule has 4 rings (SSSR count). The van der Waals surface area contributed by atoms with Crippen molar-refractivity contribution in [3.63, 3.8) is 0 Å². The van der Waals surface area contributed by atoms with Gasteiger partial charge in [0.25, 0.3) is 5.91 Å². The summed E-state index contributed by atoms with van der Waals surface area (Å²) < 4.78 is 2.01. The molecule has 2 heterocycles. The zero-order chi connectivity index (χ0) is 20.4. The number of carbonyl (C=O) groups excluding carboxylic acids is 1. The lowest BCUT2D eigenvalue weighted by molar-refractivity contribution is 0.0892. The van der Waals surface area contributed by atoms with E-state index in [2.05, 4.69) is 66.3 Å². The van der Waals surface area contributed by atoms with Gasteiger partial charge in [-0.2, -0.15) is 0 Å². The number of rotatable bonds is 5. The van der Waals surface area contributed by atoms with Gasteiger partial charge in [-0.1, -0.05) is 51.1 Å². The van der Waals surface area contributed by atoms with E-state index in [1.54, 1.807) is 12.5 Å². The smallest absolute Gasteiger partial charge is 0.251 e. The van der Waals surface area contributed by atoms with Gasteiger partial charge in [0.1, 0.15) is 0 Å². The summed E-state index contributed by atoms with van der Waals surface area (Å²) in [7, 11) is 0. The minimum atomic E-state index is -0.0753.